The van der Waals surface area contributed by atoms with Gasteiger partial charge in [0.25, 0.3) is 0 Å². The van der Waals surface area contributed by atoms with Gasteiger partial charge in [0.15, 0.2) is 0 Å². The summed E-state index contributed by atoms with van der Waals surface area (Å²) in [5, 5.41) is 3.37. The van der Waals surface area contributed by atoms with Crippen LogP contribution in [0.4, 0.5) is 0 Å². The van der Waals surface area contributed by atoms with E-state index in [1.165, 1.54) is 44.9 Å². The molecule has 0 aromatic carbocycles. The van der Waals surface area contributed by atoms with E-state index < -0.39 is 0 Å². The maximum atomic E-state index is 12.9. The van der Waals surface area contributed by atoms with Crippen molar-refractivity contribution in [3.05, 3.63) is 29.6 Å². The third-order valence-corrected chi connectivity index (χ3v) is 6.61. The lowest BCUT2D eigenvalue weighted by molar-refractivity contribution is -0.127. The van der Waals surface area contributed by atoms with Crippen molar-refractivity contribution < 1.29 is 4.79 Å². The average molecular weight is 356 g/mol. The maximum Gasteiger partial charge on any atom is 0.223 e. The smallest absolute Gasteiger partial charge is 0.223 e. The number of hydrogen-bond donors (Lipinski definition) is 1. The third-order valence-electron chi connectivity index (χ3n) is 6.61. The number of aryl methyl sites for hydroxylation is 1. The number of nitrogens with one attached hydrogen (secondary N) is 1. The number of hydrogen-bond acceptors (Lipinski definition) is 3. The molecule has 1 unspecified atom stereocenters. The fraction of sp³-hybridized carbons (Fsp3) is 0.727. The molecule has 4 nitrogen and oxygen atoms in total. The minimum Gasteiger partial charge on any atom is -0.347 e. The van der Waals surface area contributed by atoms with Crippen molar-refractivity contribution in [1.82, 2.24) is 15.2 Å². The minimum atomic E-state index is 0.110. The molecule has 26 heavy (non-hydrogen) atoms. The Bertz CT molecular complexity index is 614. The van der Waals surface area contributed by atoms with Crippen molar-refractivity contribution >= 4 is 5.91 Å². The van der Waals surface area contributed by atoms with E-state index in [2.05, 4.69) is 27.3 Å². The van der Waals surface area contributed by atoms with Crippen molar-refractivity contribution in [3.8, 4) is 0 Å². The summed E-state index contributed by atoms with van der Waals surface area (Å²) in [7, 11) is 0. The molecule has 1 saturated heterocycles. The number of nitrogens with zero attached hydrogens (tertiary/aromatic N) is 2. The van der Waals surface area contributed by atoms with Crippen molar-refractivity contribution in [1.29, 1.82) is 0 Å². The van der Waals surface area contributed by atoms with Crippen molar-refractivity contribution in [2.24, 2.45) is 11.8 Å². The molecule has 3 fully saturated rings. The number of amides is 1. The Morgan fingerprint density at radius 1 is 1.08 bits per heavy atom. The molecule has 2 saturated carbocycles. The van der Waals surface area contributed by atoms with Gasteiger partial charge in [0.2, 0.25) is 5.91 Å². The minimum absolute atomic E-state index is 0.110. The van der Waals surface area contributed by atoms with E-state index in [1.54, 1.807) is 0 Å². The molecule has 1 aliphatic heterocycles. The Morgan fingerprint density at radius 3 is 2.46 bits per heavy atom. The van der Waals surface area contributed by atoms with Gasteiger partial charge in [0.05, 0.1) is 11.7 Å². The predicted molar refractivity (Wildman–Crippen MR) is 104 cm³/mol. The molecule has 4 rings (SSSR count). The Morgan fingerprint density at radius 2 is 1.81 bits per heavy atom. The van der Waals surface area contributed by atoms with E-state index >= 15 is 0 Å². The first kappa shape index (κ1) is 18.0. The van der Waals surface area contributed by atoms with Gasteiger partial charge in [0, 0.05) is 17.7 Å². The highest BCUT2D eigenvalue weighted by molar-refractivity contribution is 5.79. The predicted octanol–water partition coefficient (Wildman–Crippen LogP) is 4.00. The van der Waals surface area contributed by atoms with Gasteiger partial charge in [-0.2, -0.15) is 0 Å². The van der Waals surface area contributed by atoms with Crippen LogP contribution in [-0.2, 0) is 4.79 Å². The van der Waals surface area contributed by atoms with Crippen LogP contribution in [0, 0.1) is 18.8 Å². The van der Waals surface area contributed by atoms with Crippen LogP contribution >= 0.6 is 0 Å². The lowest BCUT2D eigenvalue weighted by atomic mass is 9.89. The van der Waals surface area contributed by atoms with E-state index in [0.29, 0.717) is 5.92 Å². The Hall–Kier alpha value is -1.42. The molecule has 1 aromatic rings. The Labute approximate surface area is 157 Å². The van der Waals surface area contributed by atoms with Crippen LogP contribution in [-0.4, -0.2) is 34.9 Å². The normalized spacial score (nSPS) is 24.3. The van der Waals surface area contributed by atoms with Crippen LogP contribution in [0.2, 0.25) is 0 Å². The number of likely N-dealkylation sites (tertiary alicyclic amines) is 1. The number of rotatable bonds is 5. The molecule has 142 valence electrons. The van der Waals surface area contributed by atoms with Gasteiger partial charge in [-0.15, -0.1) is 0 Å². The van der Waals surface area contributed by atoms with Crippen molar-refractivity contribution in [3.63, 3.8) is 0 Å². The molecule has 1 N–H and O–H groups in total. The van der Waals surface area contributed by atoms with Gasteiger partial charge in [-0.05, 0) is 76.6 Å². The number of carbonyl (C=O) groups is 1. The van der Waals surface area contributed by atoms with Gasteiger partial charge in [-0.25, -0.2) is 0 Å². The molecule has 4 heteroatoms. The summed E-state index contributed by atoms with van der Waals surface area (Å²) in [5.41, 5.74) is 2.07. The number of aromatic nitrogens is 1. The first-order chi connectivity index (χ1) is 12.7. The average Bonchev–Trinajstić information content (AvgIpc) is 3.52. The first-order valence-corrected chi connectivity index (χ1v) is 10.7. The standard InChI is InChI=1S/C22H33N3O/c1-16-6-5-9-20(23-16)21(17-10-11-17)24-22(26)18-12-14-25(15-13-18)19-7-3-2-4-8-19/h5-6,9,17-19,21H,2-4,7-8,10-15H2,1H3,(H,24,26). The van der Waals surface area contributed by atoms with E-state index in [0.717, 1.165) is 43.4 Å². The van der Waals surface area contributed by atoms with Gasteiger partial charge in [0.1, 0.15) is 0 Å². The summed E-state index contributed by atoms with van der Waals surface area (Å²) >= 11 is 0. The number of pyridine rings is 1. The van der Waals surface area contributed by atoms with Gasteiger partial charge >= 0.3 is 0 Å². The van der Waals surface area contributed by atoms with Gasteiger partial charge < -0.3 is 10.2 Å². The van der Waals surface area contributed by atoms with E-state index in [-0.39, 0.29) is 17.9 Å². The molecule has 2 aliphatic carbocycles. The second-order valence-corrected chi connectivity index (χ2v) is 8.63. The highest BCUT2D eigenvalue weighted by Gasteiger charge is 2.36. The van der Waals surface area contributed by atoms with Crippen LogP contribution in [0.1, 0.15) is 75.2 Å². The van der Waals surface area contributed by atoms with E-state index in [1.807, 2.05) is 13.0 Å². The van der Waals surface area contributed by atoms with Crippen LogP contribution in [0.5, 0.6) is 0 Å². The first-order valence-electron chi connectivity index (χ1n) is 10.7. The third kappa shape index (κ3) is 4.28. The highest BCUT2D eigenvalue weighted by Crippen LogP contribution is 2.41. The fourth-order valence-electron chi connectivity index (χ4n) is 4.84. The zero-order chi connectivity index (χ0) is 17.9. The summed E-state index contributed by atoms with van der Waals surface area (Å²) in [4.78, 5) is 20.3. The monoisotopic (exact) mass is 355 g/mol. The summed E-state index contributed by atoms with van der Waals surface area (Å²) in [6, 6.07) is 7.04. The molecule has 0 spiro atoms. The fourth-order valence-corrected chi connectivity index (χ4v) is 4.84. The second-order valence-electron chi connectivity index (χ2n) is 8.63. The Kier molecular flexibility index (Phi) is 5.58. The van der Waals surface area contributed by atoms with Crippen molar-refractivity contribution in [2.45, 2.75) is 76.8 Å². The summed E-state index contributed by atoms with van der Waals surface area (Å²) < 4.78 is 0. The van der Waals surface area contributed by atoms with Crippen LogP contribution < -0.4 is 5.32 Å². The number of piperidine rings is 1. The molecule has 1 atom stereocenters. The van der Waals surface area contributed by atoms with Crippen molar-refractivity contribution in [2.75, 3.05) is 13.1 Å². The Balaban J connectivity index is 1.33. The largest absolute Gasteiger partial charge is 0.347 e. The molecule has 3 aliphatic rings. The summed E-state index contributed by atoms with van der Waals surface area (Å²) in [6.07, 6.45) is 11.4. The number of carbonyl (C=O) groups excluding carboxylic acids is 1. The van der Waals surface area contributed by atoms with E-state index in [9.17, 15) is 4.79 Å². The molecule has 2 heterocycles. The zero-order valence-corrected chi connectivity index (χ0v) is 16.1. The molecule has 0 bridgehead atoms. The van der Waals surface area contributed by atoms with E-state index in [4.69, 9.17) is 0 Å². The van der Waals surface area contributed by atoms with Gasteiger partial charge in [-0.3, -0.25) is 9.78 Å². The van der Waals surface area contributed by atoms with Gasteiger partial charge in [-0.1, -0.05) is 25.3 Å². The molecular weight excluding hydrogens is 322 g/mol. The second kappa shape index (κ2) is 8.08. The quantitative estimate of drug-likeness (QED) is 0.868. The zero-order valence-electron chi connectivity index (χ0n) is 16.1. The SMILES string of the molecule is Cc1cccc(C(NC(=O)C2CCN(C3CCCCC3)CC2)C2CC2)n1. The lowest BCUT2D eigenvalue weighted by Crippen LogP contribution is -2.46. The molecule has 1 amide bonds. The summed E-state index contributed by atoms with van der Waals surface area (Å²) in [6.45, 7) is 4.22. The van der Waals surface area contributed by atoms with Crippen LogP contribution in [0.15, 0.2) is 18.2 Å². The topological polar surface area (TPSA) is 45.2 Å². The van der Waals surface area contributed by atoms with Crippen LogP contribution in [0.25, 0.3) is 0 Å². The molecular formula is C22H33N3O. The maximum absolute atomic E-state index is 12.9. The molecule has 0 radical (unpaired) electrons. The van der Waals surface area contributed by atoms with Crippen LogP contribution in [0.3, 0.4) is 0 Å². The molecule has 1 aromatic heterocycles. The lowest BCUT2D eigenvalue weighted by Gasteiger charge is -2.39. The highest BCUT2D eigenvalue weighted by atomic mass is 16.2. The summed E-state index contributed by atoms with van der Waals surface area (Å²) in [5.74, 6) is 1.02.